The van der Waals surface area contributed by atoms with Gasteiger partial charge in [0, 0.05) is 31.0 Å². The molecule has 0 radical (unpaired) electrons. The first kappa shape index (κ1) is 15.4. The highest BCUT2D eigenvalue weighted by atomic mass is 32.2. The van der Waals surface area contributed by atoms with E-state index in [-0.39, 0.29) is 17.0 Å². The third-order valence-electron chi connectivity index (χ3n) is 4.43. The van der Waals surface area contributed by atoms with Crippen LogP contribution >= 0.6 is 0 Å². The van der Waals surface area contributed by atoms with Crippen molar-refractivity contribution < 1.29 is 8.42 Å². The van der Waals surface area contributed by atoms with E-state index in [1.807, 2.05) is 19.2 Å². The van der Waals surface area contributed by atoms with E-state index in [0.29, 0.717) is 19.4 Å². The van der Waals surface area contributed by atoms with Crippen molar-refractivity contribution in [3.63, 3.8) is 0 Å². The van der Waals surface area contributed by atoms with Crippen LogP contribution in [0.15, 0.2) is 24.5 Å². The summed E-state index contributed by atoms with van der Waals surface area (Å²) in [6.45, 7) is 1.39. The molecule has 0 bridgehead atoms. The molecule has 1 aromatic heterocycles. The summed E-state index contributed by atoms with van der Waals surface area (Å²) in [5, 5.41) is 0. The number of sulfone groups is 1. The van der Waals surface area contributed by atoms with Crippen molar-refractivity contribution >= 4 is 9.84 Å². The molecule has 2 heterocycles. The average Bonchev–Trinajstić information content (AvgIpc) is 2.46. The first-order valence-electron chi connectivity index (χ1n) is 6.98. The molecule has 0 amide bonds. The summed E-state index contributed by atoms with van der Waals surface area (Å²) in [4.78, 5) is 6.25. The molecular weight excluding hydrogens is 274 g/mol. The zero-order valence-electron chi connectivity index (χ0n) is 12.0. The van der Waals surface area contributed by atoms with Gasteiger partial charge in [-0.25, -0.2) is 8.42 Å². The number of hydrogen-bond donors (Lipinski definition) is 1. The fourth-order valence-electron chi connectivity index (χ4n) is 2.74. The van der Waals surface area contributed by atoms with Gasteiger partial charge in [0.15, 0.2) is 0 Å². The fourth-order valence-corrected chi connectivity index (χ4v) is 4.33. The molecule has 2 rings (SSSR count). The molecule has 1 aliphatic heterocycles. The summed E-state index contributed by atoms with van der Waals surface area (Å²) >= 11 is 0. The normalized spacial score (nSPS) is 20.9. The molecule has 0 unspecified atom stereocenters. The maximum atomic E-state index is 11.6. The number of likely N-dealkylation sites (N-methyl/N-ethyl adjacent to an activating group) is 1. The standard InChI is InChI=1S/C14H23N3O2S/c1-17(9-4-13-2-7-16-8-3-13)14(12-15)5-10-20(18,19)11-6-14/h2-3,7-8H,4-6,9-12,15H2,1H3. The molecule has 0 aliphatic carbocycles. The zero-order valence-corrected chi connectivity index (χ0v) is 12.8. The maximum absolute atomic E-state index is 11.6. The Morgan fingerprint density at radius 3 is 2.45 bits per heavy atom. The van der Waals surface area contributed by atoms with Gasteiger partial charge in [-0.05, 0) is 44.0 Å². The number of aromatic nitrogens is 1. The Morgan fingerprint density at radius 2 is 1.90 bits per heavy atom. The molecule has 1 fully saturated rings. The number of rotatable bonds is 5. The number of nitrogens with two attached hydrogens (primary N) is 1. The summed E-state index contributed by atoms with van der Waals surface area (Å²) in [5.74, 6) is 0.508. The lowest BCUT2D eigenvalue weighted by Crippen LogP contribution is -2.56. The maximum Gasteiger partial charge on any atom is 0.150 e. The molecule has 1 saturated heterocycles. The third kappa shape index (κ3) is 3.56. The molecule has 20 heavy (non-hydrogen) atoms. The van der Waals surface area contributed by atoms with E-state index in [0.717, 1.165) is 13.0 Å². The Bertz CT molecular complexity index is 517. The van der Waals surface area contributed by atoms with Crippen LogP contribution in [0.4, 0.5) is 0 Å². The Hall–Kier alpha value is -0.980. The average molecular weight is 297 g/mol. The van der Waals surface area contributed by atoms with Crippen LogP contribution < -0.4 is 5.73 Å². The molecule has 5 nitrogen and oxygen atoms in total. The van der Waals surface area contributed by atoms with Crippen molar-refractivity contribution in [2.75, 3.05) is 31.6 Å². The highest BCUT2D eigenvalue weighted by Gasteiger charge is 2.39. The fraction of sp³-hybridized carbons (Fsp3) is 0.643. The van der Waals surface area contributed by atoms with Crippen LogP contribution in [0.2, 0.25) is 0 Å². The molecule has 112 valence electrons. The van der Waals surface area contributed by atoms with Crippen molar-refractivity contribution in [1.29, 1.82) is 0 Å². The van der Waals surface area contributed by atoms with Gasteiger partial charge in [0.25, 0.3) is 0 Å². The van der Waals surface area contributed by atoms with Crippen LogP contribution in [-0.2, 0) is 16.3 Å². The molecule has 0 atom stereocenters. The Morgan fingerprint density at radius 1 is 1.30 bits per heavy atom. The largest absolute Gasteiger partial charge is 0.329 e. The van der Waals surface area contributed by atoms with E-state index < -0.39 is 9.84 Å². The zero-order chi connectivity index (χ0) is 14.6. The third-order valence-corrected chi connectivity index (χ3v) is 6.08. The molecule has 1 aliphatic rings. The minimum atomic E-state index is -2.85. The Balaban J connectivity index is 1.97. The lowest BCUT2D eigenvalue weighted by atomic mass is 9.90. The van der Waals surface area contributed by atoms with Crippen LogP contribution in [-0.4, -0.2) is 55.5 Å². The lowest BCUT2D eigenvalue weighted by Gasteiger charge is -2.43. The van der Waals surface area contributed by atoms with Gasteiger partial charge >= 0.3 is 0 Å². The summed E-state index contributed by atoms with van der Waals surface area (Å²) in [7, 11) is -0.807. The first-order valence-corrected chi connectivity index (χ1v) is 8.80. The predicted molar refractivity (Wildman–Crippen MR) is 80.2 cm³/mol. The second-order valence-electron chi connectivity index (χ2n) is 5.61. The van der Waals surface area contributed by atoms with Crippen LogP contribution in [0.25, 0.3) is 0 Å². The topological polar surface area (TPSA) is 76.3 Å². The van der Waals surface area contributed by atoms with Crippen molar-refractivity contribution in [3.8, 4) is 0 Å². The Labute approximate surface area is 121 Å². The van der Waals surface area contributed by atoms with E-state index in [4.69, 9.17) is 5.73 Å². The molecule has 0 spiro atoms. The van der Waals surface area contributed by atoms with E-state index >= 15 is 0 Å². The van der Waals surface area contributed by atoms with Gasteiger partial charge in [-0.1, -0.05) is 0 Å². The van der Waals surface area contributed by atoms with Crippen LogP contribution in [0.1, 0.15) is 18.4 Å². The monoisotopic (exact) mass is 297 g/mol. The van der Waals surface area contributed by atoms with E-state index in [9.17, 15) is 8.42 Å². The van der Waals surface area contributed by atoms with Gasteiger partial charge < -0.3 is 5.73 Å². The first-order chi connectivity index (χ1) is 9.47. The highest BCUT2D eigenvalue weighted by Crippen LogP contribution is 2.28. The number of hydrogen-bond acceptors (Lipinski definition) is 5. The Kier molecular flexibility index (Phi) is 4.78. The van der Waals surface area contributed by atoms with Gasteiger partial charge in [0.1, 0.15) is 9.84 Å². The summed E-state index contributed by atoms with van der Waals surface area (Å²) in [5.41, 5.74) is 7.02. The van der Waals surface area contributed by atoms with Gasteiger partial charge in [0.05, 0.1) is 11.5 Å². The van der Waals surface area contributed by atoms with Crippen LogP contribution in [0.3, 0.4) is 0 Å². The van der Waals surface area contributed by atoms with Crippen molar-refractivity contribution in [2.45, 2.75) is 24.8 Å². The van der Waals surface area contributed by atoms with Crippen molar-refractivity contribution in [3.05, 3.63) is 30.1 Å². The van der Waals surface area contributed by atoms with Crippen molar-refractivity contribution in [2.24, 2.45) is 5.73 Å². The summed E-state index contributed by atoms with van der Waals surface area (Å²) in [6, 6.07) is 4.02. The van der Waals surface area contributed by atoms with Gasteiger partial charge in [-0.2, -0.15) is 0 Å². The minimum absolute atomic E-state index is 0.168. The minimum Gasteiger partial charge on any atom is -0.329 e. The lowest BCUT2D eigenvalue weighted by molar-refractivity contribution is 0.114. The van der Waals surface area contributed by atoms with Crippen LogP contribution in [0.5, 0.6) is 0 Å². The molecular formula is C14H23N3O2S. The molecule has 1 aromatic rings. The molecule has 0 aromatic carbocycles. The molecule has 0 saturated carbocycles. The number of nitrogens with zero attached hydrogens (tertiary/aromatic N) is 2. The van der Waals surface area contributed by atoms with E-state index in [2.05, 4.69) is 9.88 Å². The second kappa shape index (κ2) is 6.20. The van der Waals surface area contributed by atoms with E-state index in [1.165, 1.54) is 5.56 Å². The number of pyridine rings is 1. The second-order valence-corrected chi connectivity index (χ2v) is 7.91. The highest BCUT2D eigenvalue weighted by molar-refractivity contribution is 7.91. The quantitative estimate of drug-likeness (QED) is 0.854. The molecule has 6 heteroatoms. The smallest absolute Gasteiger partial charge is 0.150 e. The summed E-state index contributed by atoms with van der Waals surface area (Å²) in [6.07, 6.45) is 5.79. The predicted octanol–water partition coefficient (Wildman–Crippen LogP) is 0.462. The molecule has 2 N–H and O–H groups in total. The van der Waals surface area contributed by atoms with Crippen LogP contribution in [0, 0.1) is 0 Å². The van der Waals surface area contributed by atoms with Gasteiger partial charge in [0.2, 0.25) is 0 Å². The van der Waals surface area contributed by atoms with Crippen molar-refractivity contribution in [1.82, 2.24) is 9.88 Å². The van der Waals surface area contributed by atoms with Gasteiger partial charge in [-0.3, -0.25) is 9.88 Å². The SMILES string of the molecule is CN(CCc1ccncc1)C1(CN)CCS(=O)(=O)CC1. The summed E-state index contributed by atoms with van der Waals surface area (Å²) < 4.78 is 23.2. The van der Waals surface area contributed by atoms with Gasteiger partial charge in [-0.15, -0.1) is 0 Å². The van der Waals surface area contributed by atoms with E-state index in [1.54, 1.807) is 12.4 Å².